The molecule has 0 saturated heterocycles. The number of halogens is 2. The van der Waals surface area contributed by atoms with Gasteiger partial charge in [-0.1, -0.05) is 36.4 Å². The number of ether oxygens (including phenoxy) is 1. The van der Waals surface area contributed by atoms with Crippen LogP contribution in [0.3, 0.4) is 0 Å². The van der Waals surface area contributed by atoms with Gasteiger partial charge in [0.15, 0.2) is 0 Å². The van der Waals surface area contributed by atoms with Crippen LogP contribution in [-0.4, -0.2) is 17.2 Å². The van der Waals surface area contributed by atoms with E-state index in [9.17, 15) is 9.59 Å². The molecule has 0 radical (unpaired) electrons. The highest BCUT2D eigenvalue weighted by Crippen LogP contribution is 2.27. The van der Waals surface area contributed by atoms with Gasteiger partial charge in [-0.05, 0) is 55.1 Å². The molecule has 126 valence electrons. The van der Waals surface area contributed by atoms with Gasteiger partial charge in [0.05, 0.1) is 12.5 Å². The Hall–Kier alpha value is -1.86. The zero-order valence-electron chi connectivity index (χ0n) is 12.5. The van der Waals surface area contributed by atoms with E-state index in [0.29, 0.717) is 5.56 Å². The smallest absolute Gasteiger partial charge is 0.407 e. The van der Waals surface area contributed by atoms with Crippen LogP contribution in [0.2, 0.25) is 0 Å². The number of hydrogen-bond donors (Lipinski definition) is 2. The molecule has 1 amide bonds. The van der Waals surface area contributed by atoms with Crippen LogP contribution in [0.25, 0.3) is 0 Å². The van der Waals surface area contributed by atoms with Gasteiger partial charge in [-0.2, -0.15) is 0 Å². The lowest BCUT2D eigenvalue weighted by Crippen LogP contribution is -2.30. The third-order valence-electron chi connectivity index (χ3n) is 3.23. The molecule has 0 aliphatic heterocycles. The fourth-order valence-corrected chi connectivity index (χ4v) is 2.71. The average Bonchev–Trinajstić information content (AvgIpc) is 2.55. The van der Waals surface area contributed by atoms with E-state index in [1.54, 1.807) is 18.2 Å². The lowest BCUT2D eigenvalue weighted by atomic mass is 10.0. The summed E-state index contributed by atoms with van der Waals surface area (Å²) in [7, 11) is 0. The van der Waals surface area contributed by atoms with E-state index in [4.69, 9.17) is 9.84 Å². The number of carboxylic acid groups (broad SMARTS) is 1. The van der Waals surface area contributed by atoms with Crippen LogP contribution in [0.4, 0.5) is 4.79 Å². The molecule has 2 aromatic carbocycles. The van der Waals surface area contributed by atoms with Crippen LogP contribution < -0.4 is 5.32 Å². The molecule has 0 aliphatic rings. The quantitative estimate of drug-likeness (QED) is 0.663. The molecule has 5 nitrogen and oxygen atoms in total. The van der Waals surface area contributed by atoms with Crippen molar-refractivity contribution in [3.05, 3.63) is 68.6 Å². The minimum atomic E-state index is -1.01. The second kappa shape index (κ2) is 8.84. The molecule has 0 unspecified atom stereocenters. The van der Waals surface area contributed by atoms with Gasteiger partial charge in [0.25, 0.3) is 0 Å². The summed E-state index contributed by atoms with van der Waals surface area (Å²) in [5, 5.41) is 11.7. The summed E-state index contributed by atoms with van der Waals surface area (Å²) in [6, 6.07) is 13.9. The van der Waals surface area contributed by atoms with E-state index in [1.807, 2.05) is 30.3 Å². The Labute approximate surface area is 156 Å². The van der Waals surface area contributed by atoms with Crippen molar-refractivity contribution in [2.24, 2.45) is 0 Å². The number of benzene rings is 2. The summed E-state index contributed by atoms with van der Waals surface area (Å²) in [5.41, 5.74) is 1.53. The number of carbonyl (C=O) groups is 2. The van der Waals surface area contributed by atoms with Crippen LogP contribution in [-0.2, 0) is 16.1 Å². The standard InChI is InChI=1S/C17H15Br2NO4/c18-13-7-6-12(8-14(13)19)15(9-16(21)22)20-17(23)24-10-11-4-2-1-3-5-11/h1-8,15H,9-10H2,(H,20,23)(H,21,22)/t15-/m0/s1. The van der Waals surface area contributed by atoms with Gasteiger partial charge >= 0.3 is 12.1 Å². The second-order valence-electron chi connectivity index (χ2n) is 5.03. The van der Waals surface area contributed by atoms with Crippen molar-refractivity contribution < 1.29 is 19.4 Å². The largest absolute Gasteiger partial charge is 0.481 e. The first-order valence-corrected chi connectivity index (χ1v) is 8.68. The number of nitrogens with one attached hydrogen (secondary N) is 1. The highest BCUT2D eigenvalue weighted by atomic mass is 79.9. The maximum absolute atomic E-state index is 12.0. The lowest BCUT2D eigenvalue weighted by molar-refractivity contribution is -0.137. The molecule has 0 bridgehead atoms. The zero-order valence-corrected chi connectivity index (χ0v) is 15.7. The zero-order chi connectivity index (χ0) is 17.5. The molecule has 0 aliphatic carbocycles. The average molecular weight is 457 g/mol. The molecular weight excluding hydrogens is 442 g/mol. The first kappa shape index (κ1) is 18.5. The van der Waals surface area contributed by atoms with Gasteiger partial charge < -0.3 is 15.2 Å². The fourth-order valence-electron chi connectivity index (χ4n) is 2.06. The minimum Gasteiger partial charge on any atom is -0.481 e. The molecule has 0 heterocycles. The van der Waals surface area contributed by atoms with E-state index in [0.717, 1.165) is 14.5 Å². The van der Waals surface area contributed by atoms with E-state index in [2.05, 4.69) is 37.2 Å². The summed E-state index contributed by atoms with van der Waals surface area (Å²) in [4.78, 5) is 23.1. The third-order valence-corrected chi connectivity index (χ3v) is 5.11. The fraction of sp³-hybridized carbons (Fsp3) is 0.176. The molecule has 2 aromatic rings. The highest BCUT2D eigenvalue weighted by Gasteiger charge is 2.19. The maximum Gasteiger partial charge on any atom is 0.407 e. The highest BCUT2D eigenvalue weighted by molar-refractivity contribution is 9.13. The molecule has 2 rings (SSSR count). The summed E-state index contributed by atoms with van der Waals surface area (Å²) < 4.78 is 6.76. The van der Waals surface area contributed by atoms with Crippen LogP contribution in [0, 0.1) is 0 Å². The first-order chi connectivity index (χ1) is 11.5. The van der Waals surface area contributed by atoms with Gasteiger partial charge in [0.2, 0.25) is 0 Å². The molecule has 7 heteroatoms. The Morgan fingerprint density at radius 1 is 1.08 bits per heavy atom. The predicted molar refractivity (Wildman–Crippen MR) is 96.6 cm³/mol. The molecule has 1 atom stereocenters. The molecule has 0 saturated carbocycles. The summed E-state index contributed by atoms with van der Waals surface area (Å²) in [5.74, 6) is -1.01. The summed E-state index contributed by atoms with van der Waals surface area (Å²) >= 11 is 6.73. The Morgan fingerprint density at radius 3 is 2.42 bits per heavy atom. The van der Waals surface area contributed by atoms with Gasteiger partial charge in [-0.15, -0.1) is 0 Å². The summed E-state index contributed by atoms with van der Waals surface area (Å²) in [6.07, 6.45) is -0.904. The van der Waals surface area contributed by atoms with Crippen molar-refractivity contribution in [1.29, 1.82) is 0 Å². The molecule has 24 heavy (non-hydrogen) atoms. The Morgan fingerprint density at radius 2 is 1.79 bits per heavy atom. The second-order valence-corrected chi connectivity index (χ2v) is 6.74. The van der Waals surface area contributed by atoms with Gasteiger partial charge in [-0.3, -0.25) is 4.79 Å². The SMILES string of the molecule is O=C(O)C[C@H](NC(=O)OCc1ccccc1)c1ccc(Br)c(Br)c1. The van der Waals surface area contributed by atoms with E-state index in [-0.39, 0.29) is 13.0 Å². The van der Waals surface area contributed by atoms with Crippen LogP contribution in [0.15, 0.2) is 57.5 Å². The van der Waals surface area contributed by atoms with Crippen molar-refractivity contribution in [3.63, 3.8) is 0 Å². The van der Waals surface area contributed by atoms with Gasteiger partial charge in [0, 0.05) is 8.95 Å². The number of alkyl carbamates (subject to hydrolysis) is 1. The van der Waals surface area contributed by atoms with E-state index < -0.39 is 18.1 Å². The monoisotopic (exact) mass is 455 g/mol. The molecule has 0 fully saturated rings. The van der Waals surface area contributed by atoms with Crippen molar-refractivity contribution in [1.82, 2.24) is 5.32 Å². The normalized spacial score (nSPS) is 11.6. The Kier molecular flexibility index (Phi) is 6.81. The van der Waals surface area contributed by atoms with Gasteiger partial charge in [-0.25, -0.2) is 4.79 Å². The molecule has 0 aromatic heterocycles. The number of carbonyl (C=O) groups excluding carboxylic acids is 1. The van der Waals surface area contributed by atoms with Gasteiger partial charge in [0.1, 0.15) is 6.61 Å². The first-order valence-electron chi connectivity index (χ1n) is 7.09. The maximum atomic E-state index is 12.0. The molecular formula is C17H15Br2NO4. The van der Waals surface area contributed by atoms with Crippen LogP contribution in [0.5, 0.6) is 0 Å². The predicted octanol–water partition coefficient (Wildman–Crippen LogP) is 4.65. The van der Waals surface area contributed by atoms with E-state index in [1.165, 1.54) is 0 Å². The summed E-state index contributed by atoms with van der Waals surface area (Å²) in [6.45, 7) is 0.122. The molecule has 0 spiro atoms. The minimum absolute atomic E-state index is 0.122. The van der Waals surface area contributed by atoms with Crippen molar-refractivity contribution in [3.8, 4) is 0 Å². The lowest BCUT2D eigenvalue weighted by Gasteiger charge is -2.18. The van der Waals surface area contributed by atoms with Crippen molar-refractivity contribution in [2.75, 3.05) is 0 Å². The number of hydrogen-bond acceptors (Lipinski definition) is 3. The Bertz CT molecular complexity index is 722. The van der Waals surface area contributed by atoms with Crippen molar-refractivity contribution >= 4 is 43.9 Å². The molecule has 2 N–H and O–H groups in total. The number of rotatable bonds is 6. The number of amides is 1. The Balaban J connectivity index is 2.03. The van der Waals surface area contributed by atoms with E-state index >= 15 is 0 Å². The topological polar surface area (TPSA) is 75.6 Å². The van der Waals surface area contributed by atoms with Crippen molar-refractivity contribution in [2.45, 2.75) is 19.1 Å². The van der Waals surface area contributed by atoms with Crippen LogP contribution >= 0.6 is 31.9 Å². The number of aliphatic carboxylic acids is 1. The number of carboxylic acids is 1. The van der Waals surface area contributed by atoms with Crippen LogP contribution in [0.1, 0.15) is 23.6 Å². The third kappa shape index (κ3) is 5.65.